The third-order valence-electron chi connectivity index (χ3n) is 5.41. The molecule has 5 nitrogen and oxygen atoms in total. The number of pyridine rings is 1. The largest absolute Gasteiger partial charge is 0.382 e. The zero-order valence-electron chi connectivity index (χ0n) is 18.6. The first-order chi connectivity index (χ1) is 15.6. The summed E-state index contributed by atoms with van der Waals surface area (Å²) >= 11 is 6.57. The number of halogens is 3. The van der Waals surface area contributed by atoms with E-state index >= 15 is 4.39 Å². The minimum Gasteiger partial charge on any atom is -0.382 e. The van der Waals surface area contributed by atoms with Crippen molar-refractivity contribution in [1.82, 2.24) is 15.0 Å². The quantitative estimate of drug-likeness (QED) is 0.358. The molecule has 8 heteroatoms. The van der Waals surface area contributed by atoms with E-state index in [4.69, 9.17) is 11.6 Å². The van der Waals surface area contributed by atoms with Crippen LogP contribution in [-0.4, -0.2) is 20.1 Å². The highest BCUT2D eigenvalue weighted by molar-refractivity contribution is 6.35. The number of hydrogen-bond donors (Lipinski definition) is 2. The lowest BCUT2D eigenvalue weighted by atomic mass is 10.0. The van der Waals surface area contributed by atoms with E-state index in [9.17, 15) is 9.50 Å². The average molecular weight is 469 g/mol. The molecule has 2 aromatic carbocycles. The molecular formula is C25H23ClF2N4O. The first-order valence-corrected chi connectivity index (χ1v) is 10.8. The molecule has 0 amide bonds. The van der Waals surface area contributed by atoms with Crippen LogP contribution >= 0.6 is 11.6 Å². The van der Waals surface area contributed by atoms with Crippen molar-refractivity contribution >= 4 is 28.2 Å². The van der Waals surface area contributed by atoms with Crippen LogP contribution in [0, 0.1) is 18.6 Å². The fourth-order valence-corrected chi connectivity index (χ4v) is 3.84. The predicted octanol–water partition coefficient (Wildman–Crippen LogP) is 6.33. The number of aliphatic hydroxyl groups is 1. The van der Waals surface area contributed by atoms with Gasteiger partial charge in [-0.3, -0.25) is 0 Å². The van der Waals surface area contributed by atoms with Crippen molar-refractivity contribution in [2.75, 3.05) is 5.32 Å². The second kappa shape index (κ2) is 8.65. The van der Waals surface area contributed by atoms with Crippen molar-refractivity contribution in [3.63, 3.8) is 0 Å². The summed E-state index contributed by atoms with van der Waals surface area (Å²) in [5.74, 6) is -0.621. The van der Waals surface area contributed by atoms with Gasteiger partial charge in [0.25, 0.3) is 0 Å². The molecular weight excluding hydrogens is 446 g/mol. The van der Waals surface area contributed by atoms with Crippen LogP contribution in [0.5, 0.6) is 0 Å². The number of nitrogens with zero attached hydrogens (tertiary/aromatic N) is 3. The number of aromatic nitrogens is 3. The molecule has 0 saturated heterocycles. The Morgan fingerprint density at radius 2 is 1.70 bits per heavy atom. The molecule has 0 aliphatic carbocycles. The lowest BCUT2D eigenvalue weighted by molar-refractivity contribution is 0.0687. The third kappa shape index (κ3) is 4.51. The highest BCUT2D eigenvalue weighted by atomic mass is 35.5. The molecule has 0 fully saturated rings. The van der Waals surface area contributed by atoms with Gasteiger partial charge in [0.15, 0.2) is 5.82 Å². The van der Waals surface area contributed by atoms with Gasteiger partial charge in [0.05, 0.1) is 22.4 Å². The molecule has 2 N–H and O–H groups in total. The van der Waals surface area contributed by atoms with Gasteiger partial charge in [0, 0.05) is 28.9 Å². The predicted molar refractivity (Wildman–Crippen MR) is 126 cm³/mol. The van der Waals surface area contributed by atoms with E-state index in [0.29, 0.717) is 38.5 Å². The van der Waals surface area contributed by atoms with E-state index in [1.54, 1.807) is 52.0 Å². The molecule has 0 radical (unpaired) electrons. The first-order valence-electron chi connectivity index (χ1n) is 10.4. The third-order valence-corrected chi connectivity index (χ3v) is 5.88. The van der Waals surface area contributed by atoms with Crippen LogP contribution in [0.15, 0.2) is 48.8 Å². The normalized spacial score (nSPS) is 12.7. The number of nitrogens with one attached hydrogen (secondary N) is 1. The molecule has 170 valence electrons. The number of aryl methyl sites for hydroxylation is 1. The van der Waals surface area contributed by atoms with E-state index < -0.39 is 17.5 Å². The van der Waals surface area contributed by atoms with E-state index in [-0.39, 0.29) is 17.2 Å². The van der Waals surface area contributed by atoms with Gasteiger partial charge in [-0.2, -0.15) is 0 Å². The van der Waals surface area contributed by atoms with E-state index in [1.807, 2.05) is 0 Å². The van der Waals surface area contributed by atoms with Gasteiger partial charge < -0.3 is 10.4 Å². The average Bonchev–Trinajstić information content (AvgIpc) is 2.77. The second-order valence-corrected chi connectivity index (χ2v) is 8.86. The minimum absolute atomic E-state index is 0.151. The molecule has 0 saturated carbocycles. The number of benzene rings is 2. The van der Waals surface area contributed by atoms with Crippen LogP contribution in [-0.2, 0) is 5.60 Å². The maximum absolute atomic E-state index is 15.1. The molecule has 4 rings (SSSR count). The summed E-state index contributed by atoms with van der Waals surface area (Å²) < 4.78 is 29.5. The van der Waals surface area contributed by atoms with Gasteiger partial charge in [-0.15, -0.1) is 0 Å². The molecule has 2 heterocycles. The highest BCUT2D eigenvalue weighted by Crippen LogP contribution is 2.38. The SMILES string of the molecule is Cc1nc2c(F)cc(-c3cnc(C(C)(C)O)nc3)cc2c(NC(C)c2ccccc2F)c1Cl. The van der Waals surface area contributed by atoms with Gasteiger partial charge >= 0.3 is 0 Å². The monoisotopic (exact) mass is 468 g/mol. The number of anilines is 1. The summed E-state index contributed by atoms with van der Waals surface area (Å²) in [6, 6.07) is 9.12. The lowest BCUT2D eigenvalue weighted by Crippen LogP contribution is -2.19. The second-order valence-electron chi connectivity index (χ2n) is 8.48. The van der Waals surface area contributed by atoms with Crippen LogP contribution in [0.1, 0.15) is 43.9 Å². The van der Waals surface area contributed by atoms with E-state index in [0.717, 1.165) is 0 Å². The maximum atomic E-state index is 15.1. The Kier molecular flexibility index (Phi) is 6.03. The van der Waals surface area contributed by atoms with Crippen LogP contribution in [0.3, 0.4) is 0 Å². The topological polar surface area (TPSA) is 70.9 Å². The number of rotatable bonds is 5. The summed E-state index contributed by atoms with van der Waals surface area (Å²) in [5, 5.41) is 14.1. The van der Waals surface area contributed by atoms with E-state index in [2.05, 4.69) is 20.3 Å². The number of fused-ring (bicyclic) bond motifs is 1. The smallest absolute Gasteiger partial charge is 0.159 e. The minimum atomic E-state index is -1.19. The van der Waals surface area contributed by atoms with Crippen LogP contribution < -0.4 is 5.32 Å². The van der Waals surface area contributed by atoms with E-state index in [1.165, 1.54) is 24.5 Å². The summed E-state index contributed by atoms with van der Waals surface area (Å²) in [6.45, 7) is 6.67. The van der Waals surface area contributed by atoms with Crippen molar-refractivity contribution in [3.05, 3.63) is 82.5 Å². The van der Waals surface area contributed by atoms with Gasteiger partial charge in [-0.05, 0) is 51.5 Å². The van der Waals surface area contributed by atoms with Gasteiger partial charge in [-0.25, -0.2) is 23.7 Å². The molecule has 0 aliphatic heterocycles. The zero-order chi connectivity index (χ0) is 23.9. The van der Waals surface area contributed by atoms with Crippen molar-refractivity contribution in [2.24, 2.45) is 0 Å². The Bertz CT molecular complexity index is 1340. The van der Waals surface area contributed by atoms with Crippen molar-refractivity contribution in [3.8, 4) is 11.1 Å². The molecule has 4 aromatic rings. The van der Waals surface area contributed by atoms with Gasteiger partial charge in [0.2, 0.25) is 0 Å². The van der Waals surface area contributed by atoms with Gasteiger partial charge in [0.1, 0.15) is 22.8 Å². The summed E-state index contributed by atoms with van der Waals surface area (Å²) in [4.78, 5) is 12.7. The molecule has 2 aromatic heterocycles. The Balaban J connectivity index is 1.84. The van der Waals surface area contributed by atoms with Crippen molar-refractivity contribution < 1.29 is 13.9 Å². The Morgan fingerprint density at radius 1 is 1.03 bits per heavy atom. The number of hydrogen-bond acceptors (Lipinski definition) is 5. The van der Waals surface area contributed by atoms with Crippen molar-refractivity contribution in [1.29, 1.82) is 0 Å². The molecule has 0 spiro atoms. The lowest BCUT2D eigenvalue weighted by Gasteiger charge is -2.20. The van der Waals surface area contributed by atoms with Crippen LogP contribution in [0.4, 0.5) is 14.5 Å². The molecule has 0 bridgehead atoms. The zero-order valence-corrected chi connectivity index (χ0v) is 19.4. The van der Waals surface area contributed by atoms with Gasteiger partial charge in [-0.1, -0.05) is 29.8 Å². The Hall–Kier alpha value is -3.16. The summed E-state index contributed by atoms with van der Waals surface area (Å²) in [5.41, 5.74) is 1.42. The maximum Gasteiger partial charge on any atom is 0.159 e. The molecule has 0 aliphatic rings. The fourth-order valence-electron chi connectivity index (χ4n) is 3.64. The van der Waals surface area contributed by atoms with Crippen LogP contribution in [0.25, 0.3) is 22.0 Å². The fraction of sp³-hybridized carbons (Fsp3) is 0.240. The molecule has 1 atom stereocenters. The summed E-state index contributed by atoms with van der Waals surface area (Å²) in [7, 11) is 0. The summed E-state index contributed by atoms with van der Waals surface area (Å²) in [6.07, 6.45) is 3.05. The Labute approximate surface area is 195 Å². The van der Waals surface area contributed by atoms with Crippen molar-refractivity contribution in [2.45, 2.75) is 39.3 Å². The van der Waals surface area contributed by atoms with Crippen LogP contribution in [0.2, 0.25) is 5.02 Å². The first kappa shape index (κ1) is 23.0. The standard InChI is InChI=1S/C25H23ClF2N4O/c1-13(17-7-5-6-8-19(17)27)31-23-18-9-15(10-20(28)22(18)32-14(2)21(23)26)16-11-29-24(30-12-16)25(3,4)33/h5-13,33H,1-4H3,(H,31,32). The highest BCUT2D eigenvalue weighted by Gasteiger charge is 2.21. The molecule has 33 heavy (non-hydrogen) atoms. The Morgan fingerprint density at radius 3 is 2.33 bits per heavy atom. The molecule has 1 unspecified atom stereocenters.